The molecule has 30 aromatic rings. The van der Waals surface area contributed by atoms with Crippen molar-refractivity contribution in [1.82, 2.24) is 0 Å². The van der Waals surface area contributed by atoms with Gasteiger partial charge >= 0.3 is 0 Å². The van der Waals surface area contributed by atoms with Crippen molar-refractivity contribution in [1.29, 1.82) is 0 Å². The van der Waals surface area contributed by atoms with Crippen molar-refractivity contribution in [3.05, 3.63) is 460 Å². The third-order valence-corrected chi connectivity index (χ3v) is 33.3. The molecule has 0 aliphatic rings. The highest BCUT2D eigenvalue weighted by molar-refractivity contribution is 7.24. The third kappa shape index (κ3) is 12.8. The smallest absolute Gasteiger partial charge is 0.144 e. The Morgan fingerprint density at radius 1 is 0.152 bits per heavy atom. The molecule has 0 aliphatic heterocycles. The standard InChI is InChI=1S/C62H36O2.C36H24S2.C34H20S2/c1-3-19-37(20-4-1)53-57-45-29-13-9-25-41(45)43-27-11-17-33-49(43)59(57)63-61(53)55-47-31-15-16-32-48(47)56(52-36-40-24-8-7-23-39(40)35-51(52)55)62-54(38-21-5-2-6-22-38)58-46-30-14-10-26-42(46)44-28-12-18-34-50(44)60(58)64-62;1-21-15-25-17-29-30(18-26(25)16-22(21)2)36(34-20-24-10-4-8-14-32(24)38-34)28-12-6-5-11-27(28)35(29)33-19-23-9-3-7-13-31(23)37-33;1-2-10-22-18-28-27(17-21(22)9-1)33(31-19-23-11-3-7-15-29(23)35-31)25-13-5-6-14-26(25)34(28)32-20-24-12-4-8-16-30(24)36-32/h1-36H;3-20H,1-2H3;1-20H. The largest absolute Gasteiger partial charge is 0.455 e. The van der Waals surface area contributed by atoms with Gasteiger partial charge in [0.05, 0.1) is 0 Å². The average Bonchev–Trinajstić information content (AvgIpc) is 1.49. The van der Waals surface area contributed by atoms with Crippen molar-refractivity contribution < 1.29 is 8.83 Å². The van der Waals surface area contributed by atoms with Gasteiger partial charge in [-0.05, 0) is 272 Å². The van der Waals surface area contributed by atoms with Gasteiger partial charge in [-0.2, -0.15) is 0 Å². The van der Waals surface area contributed by atoms with E-state index in [0.29, 0.717) is 0 Å². The summed E-state index contributed by atoms with van der Waals surface area (Å²) in [6.07, 6.45) is 0. The van der Waals surface area contributed by atoms with Gasteiger partial charge in [0.1, 0.15) is 22.7 Å². The molecule has 0 unspecified atom stereocenters. The van der Waals surface area contributed by atoms with Gasteiger partial charge < -0.3 is 8.83 Å². The summed E-state index contributed by atoms with van der Waals surface area (Å²) in [5, 5.41) is 39.3. The first kappa shape index (κ1) is 80.1. The van der Waals surface area contributed by atoms with Crippen LogP contribution in [-0.4, -0.2) is 0 Å². The Morgan fingerprint density at radius 3 is 0.645 bits per heavy atom. The second-order valence-corrected chi connectivity index (χ2v) is 40.9. The number of furan rings is 2. The summed E-state index contributed by atoms with van der Waals surface area (Å²) in [4.78, 5) is 5.32. The molecule has 0 spiro atoms. The lowest BCUT2D eigenvalue weighted by Crippen LogP contribution is -1.92. The number of hydrogen-bond donors (Lipinski definition) is 0. The molecule has 6 heteroatoms. The minimum atomic E-state index is 0.857. The maximum atomic E-state index is 7.55. The molecule has 0 atom stereocenters. The molecule has 0 saturated heterocycles. The van der Waals surface area contributed by atoms with E-state index in [1.165, 1.54) is 190 Å². The molecule has 6 aromatic heterocycles. The van der Waals surface area contributed by atoms with Gasteiger partial charge in [0, 0.05) is 104 Å². The van der Waals surface area contributed by atoms with Gasteiger partial charge in [-0.15, -0.1) is 45.3 Å². The fourth-order valence-corrected chi connectivity index (χ4v) is 27.0. The van der Waals surface area contributed by atoms with Crippen molar-refractivity contribution in [2.75, 3.05) is 0 Å². The fraction of sp³-hybridized carbons (Fsp3) is 0.0152. The lowest BCUT2D eigenvalue weighted by molar-refractivity contribution is 0.636. The Balaban J connectivity index is 0.000000109. The quantitative estimate of drug-likeness (QED) is 0.112. The highest BCUT2D eigenvalue weighted by atomic mass is 32.1. The second-order valence-electron chi connectivity index (χ2n) is 36.6. The van der Waals surface area contributed by atoms with Gasteiger partial charge in [0.25, 0.3) is 0 Å². The van der Waals surface area contributed by atoms with E-state index < -0.39 is 0 Å². The van der Waals surface area contributed by atoms with E-state index in [2.05, 4.69) is 463 Å². The normalized spacial score (nSPS) is 12.0. The highest BCUT2D eigenvalue weighted by Gasteiger charge is 2.32. The van der Waals surface area contributed by atoms with Gasteiger partial charge in [-0.1, -0.05) is 364 Å². The molecule has 6 heterocycles. The predicted octanol–water partition coefficient (Wildman–Crippen LogP) is 40.4. The maximum Gasteiger partial charge on any atom is 0.144 e. The molecule has 0 saturated carbocycles. The number of benzene rings is 24. The monoisotopic (exact) mass is 1820 g/mol. The summed E-state index contributed by atoms with van der Waals surface area (Å²) < 4.78 is 20.4. The maximum absolute atomic E-state index is 7.55. The van der Waals surface area contributed by atoms with Gasteiger partial charge in [0.2, 0.25) is 0 Å². The number of aryl methyl sites for hydroxylation is 2. The van der Waals surface area contributed by atoms with Crippen molar-refractivity contribution in [3.63, 3.8) is 0 Å². The van der Waals surface area contributed by atoms with Crippen LogP contribution in [0.2, 0.25) is 0 Å². The average molecular weight is 1830 g/mol. The zero-order valence-corrected chi connectivity index (χ0v) is 78.4. The predicted molar refractivity (Wildman–Crippen MR) is 601 cm³/mol. The number of hydrogen-bond acceptors (Lipinski definition) is 6. The molecule has 0 radical (unpaired) electrons. The van der Waals surface area contributed by atoms with Crippen molar-refractivity contribution in [2.45, 2.75) is 13.8 Å². The van der Waals surface area contributed by atoms with E-state index in [-0.39, 0.29) is 0 Å². The lowest BCUT2D eigenvalue weighted by Gasteiger charge is -2.18. The van der Waals surface area contributed by atoms with E-state index in [1.54, 1.807) is 0 Å². The molecule has 0 amide bonds. The van der Waals surface area contributed by atoms with E-state index in [9.17, 15) is 0 Å². The summed E-state index contributed by atoms with van der Waals surface area (Å²) >= 11 is 7.59. The molecule has 0 bridgehead atoms. The fourth-order valence-electron chi connectivity index (χ4n) is 22.5. The zero-order chi connectivity index (χ0) is 90.9. The van der Waals surface area contributed by atoms with Crippen LogP contribution in [0.15, 0.2) is 458 Å². The lowest BCUT2D eigenvalue weighted by atomic mass is 9.84. The SMILES string of the molecule is Cc1cc2cc3c(-c4cc5ccccc5s4)c4ccccc4c(-c4cc5ccccc5s4)c3cc2cc1C.c1ccc(-c2c(-c3c4ccccc4c(-c4oc5c6ccccc6c6ccccc6c5c4-c4ccccc4)c4cc5ccccc5cc34)oc3c4ccccc4c4ccccc4c23)cc1.c1ccc2cc3c(-c4cc5ccccc5s4)c4ccccc4c(-c4cc5ccccc5s4)c3cc2c1. The molecule has 30 rings (SSSR count). The van der Waals surface area contributed by atoms with Crippen LogP contribution >= 0.6 is 45.3 Å². The Labute approximate surface area is 810 Å². The topological polar surface area (TPSA) is 26.3 Å². The molecule has 138 heavy (non-hydrogen) atoms. The first-order valence-electron chi connectivity index (χ1n) is 47.2. The summed E-state index contributed by atoms with van der Waals surface area (Å²) in [5.74, 6) is 1.71. The van der Waals surface area contributed by atoms with E-state index in [1.807, 2.05) is 45.3 Å². The highest BCUT2D eigenvalue weighted by Crippen LogP contribution is 2.58. The summed E-state index contributed by atoms with van der Waals surface area (Å²) in [5.41, 5.74) is 16.4. The minimum Gasteiger partial charge on any atom is -0.455 e. The Kier molecular flexibility index (Phi) is 18.7. The van der Waals surface area contributed by atoms with Crippen molar-refractivity contribution >= 4 is 248 Å². The van der Waals surface area contributed by atoms with E-state index in [0.717, 1.165) is 110 Å². The summed E-state index contributed by atoms with van der Waals surface area (Å²) in [7, 11) is 0. The van der Waals surface area contributed by atoms with E-state index in [4.69, 9.17) is 8.83 Å². The number of fused-ring (bicyclic) bond motifs is 25. The Hall–Kier alpha value is -16.4. The molecule has 0 aliphatic carbocycles. The van der Waals surface area contributed by atoms with Gasteiger partial charge in [-0.25, -0.2) is 0 Å². The molecular formula is C132H80O2S4. The summed E-state index contributed by atoms with van der Waals surface area (Å²) in [6, 6.07) is 164. The molecule has 0 N–H and O–H groups in total. The molecular weight excluding hydrogens is 1750 g/mol. The third-order valence-electron chi connectivity index (χ3n) is 28.8. The van der Waals surface area contributed by atoms with Crippen LogP contribution in [0, 0.1) is 13.8 Å². The van der Waals surface area contributed by atoms with Crippen LogP contribution in [-0.2, 0) is 0 Å². The van der Waals surface area contributed by atoms with Crippen molar-refractivity contribution in [3.8, 4) is 86.7 Å². The van der Waals surface area contributed by atoms with Crippen LogP contribution in [0.25, 0.3) is 289 Å². The van der Waals surface area contributed by atoms with Gasteiger partial charge in [0.15, 0.2) is 0 Å². The van der Waals surface area contributed by atoms with Crippen LogP contribution in [0.3, 0.4) is 0 Å². The number of thiophene rings is 4. The van der Waals surface area contributed by atoms with Gasteiger partial charge in [-0.3, -0.25) is 0 Å². The van der Waals surface area contributed by atoms with Crippen LogP contribution in [0.1, 0.15) is 11.1 Å². The molecule has 2 nitrogen and oxygen atoms in total. The van der Waals surface area contributed by atoms with E-state index >= 15 is 0 Å². The molecule has 644 valence electrons. The second kappa shape index (κ2) is 32.2. The molecule has 0 fully saturated rings. The van der Waals surface area contributed by atoms with Crippen LogP contribution in [0.4, 0.5) is 0 Å². The summed E-state index contributed by atoms with van der Waals surface area (Å²) in [6.45, 7) is 4.43. The minimum absolute atomic E-state index is 0.857. The Morgan fingerprint density at radius 2 is 0.362 bits per heavy atom. The number of rotatable bonds is 8. The molecule has 24 aromatic carbocycles. The first-order chi connectivity index (χ1) is 68.3. The van der Waals surface area contributed by atoms with Crippen LogP contribution in [0.5, 0.6) is 0 Å². The Bertz CT molecular complexity index is 9630. The zero-order valence-electron chi connectivity index (χ0n) is 75.2. The first-order valence-corrected chi connectivity index (χ1v) is 50.5. The van der Waals surface area contributed by atoms with Crippen molar-refractivity contribution in [2.24, 2.45) is 0 Å². The van der Waals surface area contributed by atoms with Crippen LogP contribution < -0.4 is 0 Å².